The molecule has 0 bridgehead atoms. The third-order valence-electron chi connectivity index (χ3n) is 4.39. The number of imide groups is 1. The van der Waals surface area contributed by atoms with Crippen LogP contribution in [0.1, 0.15) is 12.0 Å². The number of fused-ring (bicyclic) bond motifs is 1. The highest BCUT2D eigenvalue weighted by Crippen LogP contribution is 2.33. The van der Waals surface area contributed by atoms with Crippen molar-refractivity contribution in [2.45, 2.75) is 23.1 Å². The van der Waals surface area contributed by atoms with Gasteiger partial charge in [0.15, 0.2) is 0 Å². The lowest BCUT2D eigenvalue weighted by atomic mass is 10.1. The predicted molar refractivity (Wildman–Crippen MR) is 100 cm³/mol. The average Bonchev–Trinajstić information content (AvgIpc) is 2.90. The number of carbonyl (C=O) groups excluding carboxylic acids is 2. The SMILES string of the molecule is O=C1CC(Sc2ccc3ccccc3c2)C(=O)N1Cc1ccccc1. The summed E-state index contributed by atoms with van der Waals surface area (Å²) in [6.45, 7) is 0.354. The molecule has 0 saturated carbocycles. The van der Waals surface area contributed by atoms with Crippen LogP contribution >= 0.6 is 11.8 Å². The summed E-state index contributed by atoms with van der Waals surface area (Å²) in [5.41, 5.74) is 0.973. The molecule has 3 aromatic carbocycles. The summed E-state index contributed by atoms with van der Waals surface area (Å²) in [5, 5.41) is 1.98. The van der Waals surface area contributed by atoms with Gasteiger partial charge in [0.1, 0.15) is 0 Å². The number of benzene rings is 3. The largest absolute Gasteiger partial charge is 0.277 e. The molecule has 124 valence electrons. The van der Waals surface area contributed by atoms with Crippen molar-refractivity contribution in [1.82, 2.24) is 4.90 Å². The molecule has 1 aliphatic heterocycles. The fourth-order valence-electron chi connectivity index (χ4n) is 3.08. The van der Waals surface area contributed by atoms with Crippen LogP contribution in [0, 0.1) is 0 Å². The first-order chi connectivity index (χ1) is 12.2. The van der Waals surface area contributed by atoms with Crippen LogP contribution in [-0.4, -0.2) is 22.0 Å². The van der Waals surface area contributed by atoms with E-state index in [9.17, 15) is 9.59 Å². The molecule has 1 fully saturated rings. The van der Waals surface area contributed by atoms with Gasteiger partial charge in [-0.15, -0.1) is 11.8 Å². The molecule has 0 radical (unpaired) electrons. The van der Waals surface area contributed by atoms with Gasteiger partial charge in [-0.1, -0.05) is 60.7 Å². The number of carbonyl (C=O) groups is 2. The summed E-state index contributed by atoms with van der Waals surface area (Å²) in [5.74, 6) is -0.181. The Morgan fingerprint density at radius 2 is 1.60 bits per heavy atom. The summed E-state index contributed by atoms with van der Waals surface area (Å²) in [7, 11) is 0. The van der Waals surface area contributed by atoms with E-state index in [1.807, 2.05) is 48.5 Å². The Balaban J connectivity index is 1.51. The molecule has 25 heavy (non-hydrogen) atoms. The Morgan fingerprint density at radius 3 is 2.40 bits per heavy atom. The van der Waals surface area contributed by atoms with Crippen LogP contribution in [0.4, 0.5) is 0 Å². The summed E-state index contributed by atoms with van der Waals surface area (Å²) < 4.78 is 0. The molecule has 0 spiro atoms. The van der Waals surface area contributed by atoms with E-state index >= 15 is 0 Å². The van der Waals surface area contributed by atoms with Crippen molar-refractivity contribution in [3.05, 3.63) is 78.4 Å². The second-order valence-electron chi connectivity index (χ2n) is 6.12. The fraction of sp³-hybridized carbons (Fsp3) is 0.143. The van der Waals surface area contributed by atoms with Crippen molar-refractivity contribution in [1.29, 1.82) is 0 Å². The van der Waals surface area contributed by atoms with Gasteiger partial charge in [-0.05, 0) is 28.5 Å². The van der Waals surface area contributed by atoms with Gasteiger partial charge < -0.3 is 0 Å². The smallest absolute Gasteiger partial charge is 0.243 e. The van der Waals surface area contributed by atoms with Gasteiger partial charge in [-0.25, -0.2) is 0 Å². The summed E-state index contributed by atoms with van der Waals surface area (Å²) in [4.78, 5) is 27.4. The minimum Gasteiger partial charge on any atom is -0.277 e. The lowest BCUT2D eigenvalue weighted by Crippen LogP contribution is -2.30. The molecule has 0 aliphatic carbocycles. The third kappa shape index (κ3) is 3.30. The number of nitrogens with zero attached hydrogens (tertiary/aromatic N) is 1. The van der Waals surface area contributed by atoms with Gasteiger partial charge in [0.25, 0.3) is 0 Å². The Labute approximate surface area is 150 Å². The molecule has 1 aliphatic rings. The topological polar surface area (TPSA) is 37.4 Å². The van der Waals surface area contributed by atoms with E-state index < -0.39 is 0 Å². The standard InChI is InChI=1S/C21H17NO2S/c23-20-13-19(21(24)22(20)14-15-6-2-1-3-7-15)25-18-11-10-16-8-4-5-9-17(16)12-18/h1-12,19H,13-14H2. The minimum absolute atomic E-state index is 0.0906. The zero-order valence-electron chi connectivity index (χ0n) is 13.6. The molecule has 1 saturated heterocycles. The van der Waals surface area contributed by atoms with Crippen LogP contribution in [0.3, 0.4) is 0 Å². The van der Waals surface area contributed by atoms with Crippen LogP contribution in [0.15, 0.2) is 77.7 Å². The third-order valence-corrected chi connectivity index (χ3v) is 5.56. The quantitative estimate of drug-likeness (QED) is 0.662. The van der Waals surface area contributed by atoms with E-state index in [0.717, 1.165) is 15.8 Å². The van der Waals surface area contributed by atoms with Crippen LogP contribution in [0.5, 0.6) is 0 Å². The lowest BCUT2D eigenvalue weighted by molar-refractivity contribution is -0.138. The number of likely N-dealkylation sites (tertiary alicyclic amines) is 1. The van der Waals surface area contributed by atoms with Crippen LogP contribution in [-0.2, 0) is 16.1 Å². The van der Waals surface area contributed by atoms with Crippen molar-refractivity contribution >= 4 is 34.3 Å². The van der Waals surface area contributed by atoms with Crippen molar-refractivity contribution in [2.75, 3.05) is 0 Å². The van der Waals surface area contributed by atoms with Gasteiger partial charge in [0.2, 0.25) is 11.8 Å². The van der Waals surface area contributed by atoms with E-state index in [2.05, 4.69) is 24.3 Å². The van der Waals surface area contributed by atoms with Gasteiger partial charge >= 0.3 is 0 Å². The maximum Gasteiger partial charge on any atom is 0.243 e. The first kappa shape index (κ1) is 15.9. The summed E-state index contributed by atoms with van der Waals surface area (Å²) in [6, 6.07) is 23.9. The van der Waals surface area contributed by atoms with E-state index in [0.29, 0.717) is 6.54 Å². The van der Waals surface area contributed by atoms with Crippen molar-refractivity contribution in [3.8, 4) is 0 Å². The Kier molecular flexibility index (Phi) is 4.28. The zero-order valence-corrected chi connectivity index (χ0v) is 14.4. The molecule has 1 heterocycles. The number of hydrogen-bond acceptors (Lipinski definition) is 3. The van der Waals surface area contributed by atoms with E-state index in [1.54, 1.807) is 0 Å². The monoisotopic (exact) mass is 347 g/mol. The van der Waals surface area contributed by atoms with Crippen LogP contribution in [0.25, 0.3) is 10.8 Å². The molecular formula is C21H17NO2S. The molecule has 0 N–H and O–H groups in total. The molecule has 1 unspecified atom stereocenters. The number of thioether (sulfide) groups is 1. The highest BCUT2D eigenvalue weighted by molar-refractivity contribution is 8.00. The summed E-state index contributed by atoms with van der Waals surface area (Å²) in [6.07, 6.45) is 0.267. The van der Waals surface area contributed by atoms with Gasteiger partial charge in [0.05, 0.1) is 11.8 Å². The highest BCUT2D eigenvalue weighted by atomic mass is 32.2. The molecule has 2 amide bonds. The zero-order chi connectivity index (χ0) is 17.2. The van der Waals surface area contributed by atoms with E-state index in [-0.39, 0.29) is 23.5 Å². The predicted octanol–water partition coefficient (Wildman–Crippen LogP) is 4.26. The van der Waals surface area contributed by atoms with Gasteiger partial charge in [-0.2, -0.15) is 0 Å². The lowest BCUT2D eigenvalue weighted by Gasteiger charge is -2.15. The van der Waals surface area contributed by atoms with E-state index in [4.69, 9.17) is 0 Å². The molecule has 3 nitrogen and oxygen atoms in total. The van der Waals surface area contributed by atoms with Crippen molar-refractivity contribution < 1.29 is 9.59 Å². The summed E-state index contributed by atoms with van der Waals surface area (Å²) >= 11 is 1.48. The highest BCUT2D eigenvalue weighted by Gasteiger charge is 2.39. The number of hydrogen-bond donors (Lipinski definition) is 0. The number of amides is 2. The second kappa shape index (κ2) is 6.73. The van der Waals surface area contributed by atoms with Gasteiger partial charge in [0, 0.05) is 11.3 Å². The van der Waals surface area contributed by atoms with E-state index in [1.165, 1.54) is 22.0 Å². The van der Waals surface area contributed by atoms with Crippen molar-refractivity contribution in [2.24, 2.45) is 0 Å². The Hall–Kier alpha value is -2.59. The Morgan fingerprint density at radius 1 is 0.880 bits per heavy atom. The normalized spacial score (nSPS) is 17.4. The first-order valence-corrected chi connectivity index (χ1v) is 9.12. The van der Waals surface area contributed by atoms with Gasteiger partial charge in [-0.3, -0.25) is 14.5 Å². The van der Waals surface area contributed by atoms with Crippen molar-refractivity contribution in [3.63, 3.8) is 0 Å². The molecule has 4 heteroatoms. The molecule has 4 rings (SSSR count). The average molecular weight is 347 g/mol. The second-order valence-corrected chi connectivity index (χ2v) is 7.40. The Bertz CT molecular complexity index is 939. The minimum atomic E-state index is -0.336. The number of rotatable bonds is 4. The first-order valence-electron chi connectivity index (χ1n) is 8.24. The van der Waals surface area contributed by atoms with Crippen LogP contribution < -0.4 is 0 Å². The fourth-order valence-corrected chi connectivity index (χ4v) is 4.21. The maximum absolute atomic E-state index is 12.7. The molecule has 0 aromatic heterocycles. The molecular weight excluding hydrogens is 330 g/mol. The molecule has 3 aromatic rings. The molecule has 1 atom stereocenters. The maximum atomic E-state index is 12.7. The van der Waals surface area contributed by atoms with Crippen LogP contribution in [0.2, 0.25) is 0 Å².